The van der Waals surface area contributed by atoms with Gasteiger partial charge in [-0.1, -0.05) is 18.2 Å². The van der Waals surface area contributed by atoms with Gasteiger partial charge in [0.1, 0.15) is 11.5 Å². The number of allylic oxidation sites excluding steroid dienone is 2. The summed E-state index contributed by atoms with van der Waals surface area (Å²) >= 11 is 0. The van der Waals surface area contributed by atoms with Gasteiger partial charge in [0.25, 0.3) is 0 Å². The summed E-state index contributed by atoms with van der Waals surface area (Å²) in [6.45, 7) is 6.40. The fourth-order valence-electron chi connectivity index (χ4n) is 3.76. The van der Waals surface area contributed by atoms with Crippen LogP contribution in [0.3, 0.4) is 0 Å². The molecule has 0 unspecified atom stereocenters. The van der Waals surface area contributed by atoms with Gasteiger partial charge in [-0.05, 0) is 56.7 Å². The normalized spacial score (nSPS) is 12.5. The van der Waals surface area contributed by atoms with E-state index in [9.17, 15) is 0 Å². The Bertz CT molecular complexity index is 1320. The van der Waals surface area contributed by atoms with Crippen molar-refractivity contribution >= 4 is 16.6 Å². The highest BCUT2D eigenvalue weighted by molar-refractivity contribution is 6.07. The number of fused-ring (bicyclic) bond motifs is 1. The van der Waals surface area contributed by atoms with Crippen molar-refractivity contribution < 1.29 is 4.74 Å². The molecule has 7 heteroatoms. The van der Waals surface area contributed by atoms with Crippen LogP contribution in [0.15, 0.2) is 59.2 Å². The van der Waals surface area contributed by atoms with E-state index in [1.165, 1.54) is 0 Å². The maximum Gasteiger partial charge on any atom is 0.156 e. The number of aryl methyl sites for hydroxylation is 3. The molecule has 0 aliphatic heterocycles. The third-order valence-corrected chi connectivity index (χ3v) is 5.39. The molecule has 0 aliphatic carbocycles. The summed E-state index contributed by atoms with van der Waals surface area (Å²) in [6.07, 6.45) is 1.85. The van der Waals surface area contributed by atoms with Crippen LogP contribution >= 0.6 is 0 Å². The molecule has 0 fully saturated rings. The van der Waals surface area contributed by atoms with E-state index < -0.39 is 0 Å². The quantitative estimate of drug-likeness (QED) is 0.444. The zero-order valence-electron chi connectivity index (χ0n) is 19.1. The van der Waals surface area contributed by atoms with Gasteiger partial charge in [-0.3, -0.25) is 9.67 Å². The van der Waals surface area contributed by atoms with Crippen LogP contribution in [-0.4, -0.2) is 32.6 Å². The number of methoxy groups -OCH3 is 1. The number of hydrogen-bond donors (Lipinski definition) is 2. The molecule has 4 rings (SSSR count). The highest BCUT2D eigenvalue weighted by Crippen LogP contribution is 2.27. The number of aromatic amines is 1. The molecule has 0 saturated carbocycles. The van der Waals surface area contributed by atoms with Gasteiger partial charge < -0.3 is 15.5 Å². The molecule has 0 saturated heterocycles. The van der Waals surface area contributed by atoms with Crippen molar-refractivity contribution in [3.63, 3.8) is 0 Å². The van der Waals surface area contributed by atoms with E-state index in [0.29, 0.717) is 23.8 Å². The predicted molar refractivity (Wildman–Crippen MR) is 129 cm³/mol. The van der Waals surface area contributed by atoms with Crippen LogP contribution in [0.1, 0.15) is 29.7 Å². The summed E-state index contributed by atoms with van der Waals surface area (Å²) in [5.41, 5.74) is 13.5. The second kappa shape index (κ2) is 8.70. The molecular formula is C25H28N6O. The fraction of sp³-hybridized carbons (Fsp3) is 0.240. The summed E-state index contributed by atoms with van der Waals surface area (Å²) in [7, 11) is 3.62. The molecule has 164 valence electrons. The van der Waals surface area contributed by atoms with Crippen molar-refractivity contribution in [1.82, 2.24) is 19.7 Å². The Morgan fingerprint density at radius 1 is 1.19 bits per heavy atom. The number of aliphatic imine (C=N–C) groups is 1. The lowest BCUT2D eigenvalue weighted by molar-refractivity contribution is 0.414. The lowest BCUT2D eigenvalue weighted by atomic mass is 10.1. The molecule has 0 amide bonds. The van der Waals surface area contributed by atoms with Gasteiger partial charge in [-0.15, -0.1) is 0 Å². The number of imidazole rings is 1. The van der Waals surface area contributed by atoms with E-state index in [1.807, 2.05) is 62.8 Å². The van der Waals surface area contributed by atoms with Gasteiger partial charge >= 0.3 is 0 Å². The number of rotatable bonds is 6. The monoisotopic (exact) mass is 428 g/mol. The Labute approximate surface area is 187 Å². The van der Waals surface area contributed by atoms with Crippen LogP contribution in [0.2, 0.25) is 0 Å². The molecule has 7 nitrogen and oxygen atoms in total. The smallest absolute Gasteiger partial charge is 0.156 e. The average Bonchev–Trinajstić information content (AvgIpc) is 3.30. The van der Waals surface area contributed by atoms with Crippen LogP contribution in [0, 0.1) is 13.8 Å². The number of aromatic nitrogens is 4. The minimum Gasteiger partial charge on any atom is -0.497 e. The van der Waals surface area contributed by atoms with Gasteiger partial charge in [0.2, 0.25) is 0 Å². The zero-order valence-corrected chi connectivity index (χ0v) is 19.1. The molecule has 4 aromatic rings. The number of nitrogens with one attached hydrogen (secondary N) is 1. The molecule has 2 aromatic carbocycles. The average molecular weight is 429 g/mol. The van der Waals surface area contributed by atoms with E-state index in [4.69, 9.17) is 20.4 Å². The first-order valence-electron chi connectivity index (χ1n) is 10.5. The molecule has 0 atom stereocenters. The molecule has 0 aliphatic rings. The Hall–Kier alpha value is -3.87. The molecule has 2 heterocycles. The van der Waals surface area contributed by atoms with Gasteiger partial charge in [0.15, 0.2) is 5.82 Å². The second-order valence-electron chi connectivity index (χ2n) is 7.94. The summed E-state index contributed by atoms with van der Waals surface area (Å²) in [5, 5.41) is 5.64. The molecule has 32 heavy (non-hydrogen) atoms. The third-order valence-electron chi connectivity index (χ3n) is 5.39. The maximum absolute atomic E-state index is 5.99. The van der Waals surface area contributed by atoms with Crippen molar-refractivity contribution in [2.24, 2.45) is 17.8 Å². The first-order valence-corrected chi connectivity index (χ1v) is 10.5. The first-order chi connectivity index (χ1) is 15.4. The summed E-state index contributed by atoms with van der Waals surface area (Å²) in [4.78, 5) is 13.1. The Morgan fingerprint density at radius 2 is 1.94 bits per heavy atom. The molecule has 2 aromatic heterocycles. The van der Waals surface area contributed by atoms with Crippen molar-refractivity contribution in [2.45, 2.75) is 27.3 Å². The molecule has 0 radical (unpaired) electrons. The summed E-state index contributed by atoms with van der Waals surface area (Å²) in [5.74, 6) is 1.52. The number of benzene rings is 2. The number of ether oxygens (including phenoxy) is 1. The number of H-pyrrole nitrogens is 1. The highest BCUT2D eigenvalue weighted by Gasteiger charge is 2.14. The number of nitrogens with zero attached hydrogens (tertiary/aromatic N) is 4. The topological polar surface area (TPSA) is 94.1 Å². The van der Waals surface area contributed by atoms with Gasteiger partial charge in [-0.2, -0.15) is 5.10 Å². The second-order valence-corrected chi connectivity index (χ2v) is 7.94. The first kappa shape index (κ1) is 21.4. The summed E-state index contributed by atoms with van der Waals surface area (Å²) in [6, 6.07) is 14.2. The number of hydrogen-bond acceptors (Lipinski definition) is 5. The van der Waals surface area contributed by atoms with E-state index in [-0.39, 0.29) is 0 Å². The van der Waals surface area contributed by atoms with E-state index in [1.54, 1.807) is 7.11 Å². The van der Waals surface area contributed by atoms with Crippen LogP contribution in [0.25, 0.3) is 22.2 Å². The van der Waals surface area contributed by atoms with E-state index in [2.05, 4.69) is 28.3 Å². The SMILES string of the molecule is COc1ccc(CN=C(/C=C(/C)N)c2nc(-c3ccc4c(c3)c(C)nn4C)c(C)[nH]2)cc1. The van der Waals surface area contributed by atoms with E-state index in [0.717, 1.165) is 44.9 Å². The lowest BCUT2D eigenvalue weighted by Gasteiger charge is -2.03. The largest absolute Gasteiger partial charge is 0.497 e. The van der Waals surface area contributed by atoms with Gasteiger partial charge in [0.05, 0.1) is 30.6 Å². The van der Waals surface area contributed by atoms with Crippen LogP contribution < -0.4 is 10.5 Å². The summed E-state index contributed by atoms with van der Waals surface area (Å²) < 4.78 is 7.13. The molecule has 3 N–H and O–H groups in total. The third kappa shape index (κ3) is 4.27. The Morgan fingerprint density at radius 3 is 2.62 bits per heavy atom. The van der Waals surface area contributed by atoms with Crippen LogP contribution in [0.4, 0.5) is 0 Å². The predicted octanol–water partition coefficient (Wildman–Crippen LogP) is 4.44. The Kier molecular flexibility index (Phi) is 5.81. The van der Waals surface area contributed by atoms with Crippen LogP contribution in [0.5, 0.6) is 5.75 Å². The van der Waals surface area contributed by atoms with Crippen molar-refractivity contribution in [3.8, 4) is 17.0 Å². The molecular weight excluding hydrogens is 400 g/mol. The van der Waals surface area contributed by atoms with Gasteiger partial charge in [0, 0.05) is 29.4 Å². The Balaban J connectivity index is 1.69. The fourth-order valence-corrected chi connectivity index (χ4v) is 3.76. The van der Waals surface area contributed by atoms with Crippen molar-refractivity contribution in [3.05, 3.63) is 77.0 Å². The maximum atomic E-state index is 5.99. The zero-order chi connectivity index (χ0) is 22.8. The van der Waals surface area contributed by atoms with Crippen LogP contribution in [-0.2, 0) is 13.6 Å². The molecule has 0 bridgehead atoms. The van der Waals surface area contributed by atoms with Crippen molar-refractivity contribution in [1.29, 1.82) is 0 Å². The van der Waals surface area contributed by atoms with Crippen molar-refractivity contribution in [2.75, 3.05) is 7.11 Å². The van der Waals surface area contributed by atoms with E-state index >= 15 is 0 Å². The lowest BCUT2D eigenvalue weighted by Crippen LogP contribution is -2.05. The number of nitrogens with two attached hydrogens (primary N) is 1. The minimum absolute atomic E-state index is 0.513. The standard InChI is InChI=1S/C25H28N6O/c1-15(26)12-22(27-14-18-6-9-20(32-5)10-7-18)25-28-17(3)24(29-25)19-8-11-23-21(13-19)16(2)30-31(23)4/h6-13H,14,26H2,1-5H3,(H,28,29)/b15-12-,27-22?. The minimum atomic E-state index is 0.513. The highest BCUT2D eigenvalue weighted by atomic mass is 16.5. The van der Waals surface area contributed by atoms with Gasteiger partial charge in [-0.25, -0.2) is 4.98 Å². The molecule has 0 spiro atoms.